The van der Waals surface area contributed by atoms with Crippen LogP contribution >= 0.6 is 0 Å². The molecule has 13 heavy (non-hydrogen) atoms. The molecule has 0 aromatic carbocycles. The minimum Gasteiger partial charge on any atom is -0.407 e. The standard InChI is InChI=1S/C6H11N3O3S/c1-6(2,13(3,10)11)4-8-9-5(7)12-4/h1-3H3,(H2,7,9). The molecule has 0 bridgehead atoms. The van der Waals surface area contributed by atoms with Gasteiger partial charge in [0.15, 0.2) is 9.84 Å². The number of nitrogen functional groups attached to an aromatic ring is 1. The molecule has 0 amide bonds. The van der Waals surface area contributed by atoms with E-state index in [1.165, 1.54) is 13.8 Å². The van der Waals surface area contributed by atoms with Crippen molar-refractivity contribution in [2.45, 2.75) is 18.6 Å². The van der Waals surface area contributed by atoms with Crippen molar-refractivity contribution in [1.82, 2.24) is 10.2 Å². The number of hydrogen-bond acceptors (Lipinski definition) is 6. The Morgan fingerprint density at radius 1 is 1.38 bits per heavy atom. The van der Waals surface area contributed by atoms with E-state index in [9.17, 15) is 8.42 Å². The largest absolute Gasteiger partial charge is 0.407 e. The zero-order chi connectivity index (χ0) is 10.3. The Hall–Kier alpha value is -1.11. The summed E-state index contributed by atoms with van der Waals surface area (Å²) >= 11 is 0. The predicted octanol–water partition coefficient (Wildman–Crippen LogP) is -0.0685. The van der Waals surface area contributed by atoms with Crippen LogP contribution in [0.5, 0.6) is 0 Å². The molecule has 0 fully saturated rings. The average Bonchev–Trinajstić information content (AvgIpc) is 2.33. The Bertz CT molecular complexity index is 407. The topological polar surface area (TPSA) is 99.1 Å². The fourth-order valence-electron chi connectivity index (χ4n) is 0.636. The van der Waals surface area contributed by atoms with Gasteiger partial charge in [0.2, 0.25) is 5.89 Å². The van der Waals surface area contributed by atoms with Gasteiger partial charge in [0.05, 0.1) is 0 Å². The highest BCUT2D eigenvalue weighted by Gasteiger charge is 2.37. The second-order valence-corrected chi connectivity index (χ2v) is 5.79. The van der Waals surface area contributed by atoms with Crippen LogP contribution in [0, 0.1) is 0 Å². The molecule has 0 unspecified atom stereocenters. The van der Waals surface area contributed by atoms with Gasteiger partial charge in [-0.15, -0.1) is 5.10 Å². The van der Waals surface area contributed by atoms with Gasteiger partial charge in [-0.3, -0.25) is 0 Å². The van der Waals surface area contributed by atoms with E-state index < -0.39 is 14.6 Å². The second kappa shape index (κ2) is 2.69. The molecule has 0 aliphatic carbocycles. The fraction of sp³-hybridized carbons (Fsp3) is 0.667. The first kappa shape index (κ1) is 9.97. The van der Waals surface area contributed by atoms with Gasteiger partial charge in [0.25, 0.3) is 0 Å². The van der Waals surface area contributed by atoms with E-state index in [1.54, 1.807) is 0 Å². The zero-order valence-corrected chi connectivity index (χ0v) is 8.42. The zero-order valence-electron chi connectivity index (χ0n) is 7.60. The summed E-state index contributed by atoms with van der Waals surface area (Å²) in [4.78, 5) is 0. The van der Waals surface area contributed by atoms with Crippen LogP contribution in [0.3, 0.4) is 0 Å². The monoisotopic (exact) mass is 205 g/mol. The maximum atomic E-state index is 11.3. The number of hydrogen-bond donors (Lipinski definition) is 1. The van der Waals surface area contributed by atoms with Crippen molar-refractivity contribution in [2.75, 3.05) is 12.0 Å². The smallest absolute Gasteiger partial charge is 0.312 e. The van der Waals surface area contributed by atoms with E-state index in [-0.39, 0.29) is 11.9 Å². The van der Waals surface area contributed by atoms with E-state index in [2.05, 4.69) is 10.2 Å². The maximum Gasteiger partial charge on any atom is 0.312 e. The Kier molecular flexibility index (Phi) is 2.07. The van der Waals surface area contributed by atoms with Crippen molar-refractivity contribution >= 4 is 15.9 Å². The van der Waals surface area contributed by atoms with Gasteiger partial charge in [-0.1, -0.05) is 5.10 Å². The number of nitrogens with two attached hydrogens (primary N) is 1. The molecule has 1 heterocycles. The summed E-state index contributed by atoms with van der Waals surface area (Å²) in [6.07, 6.45) is 1.10. The minimum atomic E-state index is -3.29. The molecule has 0 saturated heterocycles. The summed E-state index contributed by atoms with van der Waals surface area (Å²) in [6, 6.07) is -0.133. The Morgan fingerprint density at radius 2 is 1.92 bits per heavy atom. The molecule has 0 radical (unpaired) electrons. The first-order valence-corrected chi connectivity index (χ1v) is 5.43. The first-order valence-electron chi connectivity index (χ1n) is 3.54. The van der Waals surface area contributed by atoms with Gasteiger partial charge < -0.3 is 10.2 Å². The van der Waals surface area contributed by atoms with Crippen LogP contribution < -0.4 is 5.73 Å². The second-order valence-electron chi connectivity index (χ2n) is 3.23. The predicted molar refractivity (Wildman–Crippen MR) is 46.6 cm³/mol. The van der Waals surface area contributed by atoms with Crippen LogP contribution in [0.2, 0.25) is 0 Å². The van der Waals surface area contributed by atoms with Crippen LogP contribution in [0.1, 0.15) is 19.7 Å². The number of anilines is 1. The van der Waals surface area contributed by atoms with Crippen molar-refractivity contribution in [2.24, 2.45) is 0 Å². The number of sulfone groups is 1. The van der Waals surface area contributed by atoms with Crippen LogP contribution in [0.15, 0.2) is 4.42 Å². The van der Waals surface area contributed by atoms with Gasteiger partial charge in [-0.05, 0) is 13.8 Å². The molecule has 1 rings (SSSR count). The van der Waals surface area contributed by atoms with Gasteiger partial charge >= 0.3 is 6.01 Å². The summed E-state index contributed by atoms with van der Waals surface area (Å²) in [5.74, 6) is 0.00694. The fourth-order valence-corrected chi connectivity index (χ4v) is 1.04. The Balaban J connectivity index is 3.23. The Labute approximate surface area is 76.1 Å². The van der Waals surface area contributed by atoms with Crippen molar-refractivity contribution in [3.63, 3.8) is 0 Å². The van der Waals surface area contributed by atoms with E-state index in [0.29, 0.717) is 0 Å². The SMILES string of the molecule is CC(C)(c1nnc(N)o1)S(C)(=O)=O. The molecule has 1 aromatic rings. The third-order valence-corrected chi connectivity index (χ3v) is 3.91. The summed E-state index contributed by atoms with van der Waals surface area (Å²) in [6.45, 7) is 2.96. The summed E-state index contributed by atoms with van der Waals surface area (Å²) in [5, 5.41) is 6.93. The highest BCUT2D eigenvalue weighted by atomic mass is 32.2. The van der Waals surface area contributed by atoms with E-state index >= 15 is 0 Å². The first-order chi connectivity index (χ1) is 5.75. The quantitative estimate of drug-likeness (QED) is 0.725. The lowest BCUT2D eigenvalue weighted by molar-refractivity contribution is 0.443. The Morgan fingerprint density at radius 3 is 2.23 bits per heavy atom. The molecule has 0 aliphatic rings. The molecule has 6 nitrogen and oxygen atoms in total. The summed E-state index contributed by atoms with van der Waals surface area (Å²) < 4.78 is 26.2. The minimum absolute atomic E-state index is 0.00694. The van der Waals surface area contributed by atoms with Gasteiger partial charge in [0.1, 0.15) is 4.75 Å². The van der Waals surface area contributed by atoms with Gasteiger partial charge in [-0.2, -0.15) is 0 Å². The van der Waals surface area contributed by atoms with Crippen LogP contribution in [-0.4, -0.2) is 24.9 Å². The van der Waals surface area contributed by atoms with Gasteiger partial charge in [-0.25, -0.2) is 8.42 Å². The van der Waals surface area contributed by atoms with Crippen molar-refractivity contribution in [3.8, 4) is 0 Å². The third-order valence-electron chi connectivity index (χ3n) is 1.88. The number of rotatable bonds is 2. The molecule has 0 saturated carbocycles. The lowest BCUT2D eigenvalue weighted by atomic mass is 10.2. The molecule has 0 aliphatic heterocycles. The van der Waals surface area contributed by atoms with Crippen molar-refractivity contribution < 1.29 is 12.8 Å². The van der Waals surface area contributed by atoms with Crippen molar-refractivity contribution in [1.29, 1.82) is 0 Å². The molecule has 0 spiro atoms. The van der Waals surface area contributed by atoms with Crippen molar-refractivity contribution in [3.05, 3.63) is 5.89 Å². The highest BCUT2D eigenvalue weighted by Crippen LogP contribution is 2.27. The highest BCUT2D eigenvalue weighted by molar-refractivity contribution is 7.91. The van der Waals surface area contributed by atoms with Crippen LogP contribution in [0.25, 0.3) is 0 Å². The van der Waals surface area contributed by atoms with Crippen LogP contribution in [0.4, 0.5) is 6.01 Å². The van der Waals surface area contributed by atoms with Crippen LogP contribution in [-0.2, 0) is 14.6 Å². The lowest BCUT2D eigenvalue weighted by Crippen LogP contribution is -2.28. The van der Waals surface area contributed by atoms with E-state index in [4.69, 9.17) is 10.2 Å². The average molecular weight is 205 g/mol. The maximum absolute atomic E-state index is 11.3. The van der Waals surface area contributed by atoms with Gasteiger partial charge in [0, 0.05) is 6.26 Å². The third kappa shape index (κ3) is 1.64. The molecule has 74 valence electrons. The summed E-state index contributed by atoms with van der Waals surface area (Å²) in [5.41, 5.74) is 5.18. The van der Waals surface area contributed by atoms with E-state index in [0.717, 1.165) is 6.26 Å². The lowest BCUT2D eigenvalue weighted by Gasteiger charge is -2.16. The number of aromatic nitrogens is 2. The molecule has 2 N–H and O–H groups in total. The van der Waals surface area contributed by atoms with E-state index in [1.807, 2.05) is 0 Å². The molecular weight excluding hydrogens is 194 g/mol. The molecule has 7 heteroatoms. The molecule has 0 atom stereocenters. The normalized spacial score (nSPS) is 13.2. The number of nitrogens with zero attached hydrogens (tertiary/aromatic N) is 2. The molecular formula is C6H11N3O3S. The molecule has 1 aromatic heterocycles. The summed E-state index contributed by atoms with van der Waals surface area (Å²) in [7, 11) is -3.29.